The maximum absolute atomic E-state index is 10.3. The fourth-order valence-electron chi connectivity index (χ4n) is 2.32. The van der Waals surface area contributed by atoms with Crippen LogP contribution in [0.1, 0.15) is 25.7 Å². The van der Waals surface area contributed by atoms with E-state index in [0.29, 0.717) is 5.92 Å². The van der Waals surface area contributed by atoms with Gasteiger partial charge in [0.2, 0.25) is 0 Å². The molecule has 1 nitrogen and oxygen atoms in total. The minimum absolute atomic E-state index is 0.433. The van der Waals surface area contributed by atoms with E-state index in [9.17, 15) is 4.79 Å². The van der Waals surface area contributed by atoms with Crippen LogP contribution >= 0.6 is 0 Å². The van der Waals surface area contributed by atoms with E-state index >= 15 is 0 Å². The minimum atomic E-state index is 0.433. The number of fused-ring (bicyclic) bond motifs is 2. The lowest BCUT2D eigenvalue weighted by atomic mass is 9.62. The van der Waals surface area contributed by atoms with Gasteiger partial charge in [-0.3, -0.25) is 0 Å². The molecule has 1 heteroatoms. The molecule has 3 saturated carbocycles. The Hall–Kier alpha value is -0.330. The molecule has 0 saturated heterocycles. The van der Waals surface area contributed by atoms with Gasteiger partial charge in [0, 0.05) is 5.92 Å². The third kappa shape index (κ3) is 0.790. The summed E-state index contributed by atoms with van der Waals surface area (Å²) in [6.07, 6.45) is 6.38. The molecule has 0 aromatic rings. The van der Waals surface area contributed by atoms with E-state index in [4.69, 9.17) is 0 Å². The zero-order chi connectivity index (χ0) is 6.27. The van der Waals surface area contributed by atoms with Crippen LogP contribution in [0.5, 0.6) is 0 Å². The normalized spacial score (nSPS) is 47.8. The number of hydrogen-bond donors (Lipinski definition) is 0. The first-order valence-electron chi connectivity index (χ1n) is 3.84. The van der Waals surface area contributed by atoms with Gasteiger partial charge < -0.3 is 4.79 Å². The summed E-state index contributed by atoms with van der Waals surface area (Å²) >= 11 is 0. The van der Waals surface area contributed by atoms with Crippen molar-refractivity contribution in [1.29, 1.82) is 0 Å². The van der Waals surface area contributed by atoms with E-state index in [2.05, 4.69) is 0 Å². The molecule has 3 rings (SSSR count). The Balaban J connectivity index is 1.96. The molecule has 0 heterocycles. The summed E-state index contributed by atoms with van der Waals surface area (Å²) in [5.74, 6) is 2.29. The van der Waals surface area contributed by atoms with Gasteiger partial charge in [-0.2, -0.15) is 0 Å². The van der Waals surface area contributed by atoms with E-state index in [1.807, 2.05) is 0 Å². The van der Waals surface area contributed by atoms with Gasteiger partial charge in [0.05, 0.1) is 0 Å². The number of rotatable bonds is 1. The molecule has 0 aromatic heterocycles. The van der Waals surface area contributed by atoms with Crippen molar-refractivity contribution < 1.29 is 4.79 Å². The summed E-state index contributed by atoms with van der Waals surface area (Å²) in [5.41, 5.74) is 0. The molecule has 3 fully saturated rings. The SMILES string of the molecule is O=CC1CC2CC(C1)C2. The standard InChI is InChI=1S/C8H12O/c9-5-8-3-6-1-7(2-6)4-8/h5-8H,1-4H2. The largest absolute Gasteiger partial charge is 0.303 e. The molecule has 0 aromatic carbocycles. The zero-order valence-corrected chi connectivity index (χ0v) is 5.55. The molecule has 2 bridgehead atoms. The summed E-state index contributed by atoms with van der Waals surface area (Å²) in [5, 5.41) is 0. The fraction of sp³-hybridized carbons (Fsp3) is 0.875. The third-order valence-corrected chi connectivity index (χ3v) is 2.80. The second-order valence-electron chi connectivity index (χ2n) is 3.57. The predicted molar refractivity (Wildman–Crippen MR) is 35.0 cm³/mol. The molecule has 3 aliphatic carbocycles. The lowest BCUT2D eigenvalue weighted by molar-refractivity contribution is -0.114. The Kier molecular flexibility index (Phi) is 1.11. The first kappa shape index (κ1) is 5.45. The molecular weight excluding hydrogens is 112 g/mol. The molecule has 50 valence electrons. The highest BCUT2D eigenvalue weighted by Gasteiger charge is 2.37. The summed E-state index contributed by atoms with van der Waals surface area (Å²) in [4.78, 5) is 10.3. The minimum Gasteiger partial charge on any atom is -0.303 e. The molecular formula is C8H12O. The van der Waals surface area contributed by atoms with Crippen molar-refractivity contribution in [2.45, 2.75) is 25.7 Å². The van der Waals surface area contributed by atoms with Gasteiger partial charge in [-0.1, -0.05) is 0 Å². The molecule has 9 heavy (non-hydrogen) atoms. The Bertz CT molecular complexity index is 115. The van der Waals surface area contributed by atoms with Crippen molar-refractivity contribution in [1.82, 2.24) is 0 Å². The first-order chi connectivity index (χ1) is 4.38. The van der Waals surface area contributed by atoms with Crippen molar-refractivity contribution in [3.05, 3.63) is 0 Å². The van der Waals surface area contributed by atoms with E-state index in [-0.39, 0.29) is 0 Å². The number of carbonyl (C=O) groups excluding carboxylic acids is 1. The van der Waals surface area contributed by atoms with Gasteiger partial charge in [0.15, 0.2) is 0 Å². The second kappa shape index (κ2) is 1.83. The van der Waals surface area contributed by atoms with Crippen molar-refractivity contribution in [3.8, 4) is 0 Å². The van der Waals surface area contributed by atoms with E-state index < -0.39 is 0 Å². The lowest BCUT2D eigenvalue weighted by Gasteiger charge is -2.43. The highest BCUT2D eigenvalue weighted by atomic mass is 16.1. The quantitative estimate of drug-likeness (QED) is 0.485. The molecule has 0 amide bonds. The van der Waals surface area contributed by atoms with Gasteiger partial charge in [0.25, 0.3) is 0 Å². The van der Waals surface area contributed by atoms with Crippen LogP contribution in [0.4, 0.5) is 0 Å². The van der Waals surface area contributed by atoms with Crippen LogP contribution in [0.15, 0.2) is 0 Å². The third-order valence-electron chi connectivity index (χ3n) is 2.80. The van der Waals surface area contributed by atoms with Gasteiger partial charge in [0.1, 0.15) is 6.29 Å². The summed E-state index contributed by atoms with van der Waals surface area (Å²) in [6, 6.07) is 0. The van der Waals surface area contributed by atoms with Crippen LogP contribution in [0.2, 0.25) is 0 Å². The zero-order valence-electron chi connectivity index (χ0n) is 5.55. The van der Waals surface area contributed by atoms with Crippen molar-refractivity contribution in [2.75, 3.05) is 0 Å². The van der Waals surface area contributed by atoms with Gasteiger partial charge in [-0.25, -0.2) is 0 Å². The maximum Gasteiger partial charge on any atom is 0.123 e. The fourth-order valence-corrected chi connectivity index (χ4v) is 2.32. The monoisotopic (exact) mass is 124 g/mol. The Morgan fingerprint density at radius 1 is 1.00 bits per heavy atom. The summed E-state index contributed by atoms with van der Waals surface area (Å²) < 4.78 is 0. The van der Waals surface area contributed by atoms with Crippen LogP contribution in [0.3, 0.4) is 0 Å². The van der Waals surface area contributed by atoms with Crippen LogP contribution in [0.25, 0.3) is 0 Å². The summed E-state index contributed by atoms with van der Waals surface area (Å²) in [6.45, 7) is 0. The Morgan fingerprint density at radius 2 is 1.56 bits per heavy atom. The van der Waals surface area contributed by atoms with Crippen molar-refractivity contribution in [2.24, 2.45) is 17.8 Å². The van der Waals surface area contributed by atoms with Crippen LogP contribution in [0, 0.1) is 17.8 Å². The second-order valence-corrected chi connectivity index (χ2v) is 3.57. The average Bonchev–Trinajstić information content (AvgIpc) is 1.87. The number of aldehydes is 1. The van der Waals surface area contributed by atoms with E-state index in [0.717, 1.165) is 18.1 Å². The van der Waals surface area contributed by atoms with Crippen LogP contribution in [-0.4, -0.2) is 6.29 Å². The first-order valence-corrected chi connectivity index (χ1v) is 3.84. The average molecular weight is 124 g/mol. The number of carbonyl (C=O) groups is 1. The van der Waals surface area contributed by atoms with Crippen LogP contribution < -0.4 is 0 Å². The predicted octanol–water partition coefficient (Wildman–Crippen LogP) is 1.62. The Morgan fingerprint density at radius 3 is 1.89 bits per heavy atom. The van der Waals surface area contributed by atoms with Gasteiger partial charge in [-0.15, -0.1) is 0 Å². The lowest BCUT2D eigenvalue weighted by Crippen LogP contribution is -2.34. The van der Waals surface area contributed by atoms with E-state index in [1.165, 1.54) is 25.7 Å². The topological polar surface area (TPSA) is 17.1 Å². The molecule has 0 aliphatic heterocycles. The van der Waals surface area contributed by atoms with Crippen molar-refractivity contribution in [3.63, 3.8) is 0 Å². The highest BCUT2D eigenvalue weighted by Crippen LogP contribution is 2.47. The molecule has 0 radical (unpaired) electrons. The summed E-state index contributed by atoms with van der Waals surface area (Å²) in [7, 11) is 0. The molecule has 0 atom stereocenters. The van der Waals surface area contributed by atoms with Gasteiger partial charge in [-0.05, 0) is 37.5 Å². The maximum atomic E-state index is 10.3. The molecule has 0 unspecified atom stereocenters. The molecule has 3 aliphatic rings. The Labute approximate surface area is 55.4 Å². The van der Waals surface area contributed by atoms with E-state index in [1.54, 1.807) is 0 Å². The highest BCUT2D eigenvalue weighted by molar-refractivity contribution is 5.54. The van der Waals surface area contributed by atoms with Crippen LogP contribution in [-0.2, 0) is 4.79 Å². The molecule has 0 spiro atoms. The smallest absolute Gasteiger partial charge is 0.123 e. The van der Waals surface area contributed by atoms with Crippen molar-refractivity contribution >= 4 is 6.29 Å². The van der Waals surface area contributed by atoms with Gasteiger partial charge >= 0.3 is 0 Å². The molecule has 0 N–H and O–H groups in total. The number of hydrogen-bond acceptors (Lipinski definition) is 1.